The molecule has 0 aliphatic heterocycles. The van der Waals surface area contributed by atoms with Gasteiger partial charge in [-0.15, -0.1) is 17.9 Å². The van der Waals surface area contributed by atoms with Gasteiger partial charge in [0.2, 0.25) is 5.91 Å². The molecule has 0 atom stereocenters. The molecule has 0 bridgehead atoms. The largest absolute Gasteiger partial charge is 0.335 e. The monoisotopic (exact) mass is 369 g/mol. The summed E-state index contributed by atoms with van der Waals surface area (Å²) in [5, 5.41) is 5.30. The van der Waals surface area contributed by atoms with Gasteiger partial charge >= 0.3 is 6.03 Å². The van der Waals surface area contributed by atoms with Gasteiger partial charge in [-0.2, -0.15) is 0 Å². The van der Waals surface area contributed by atoms with E-state index in [2.05, 4.69) is 17.2 Å². The molecule has 1 aliphatic rings. The molecule has 132 valence electrons. The van der Waals surface area contributed by atoms with Crippen molar-refractivity contribution < 1.29 is 9.59 Å². The molecule has 2 rings (SSSR count). The molecule has 2 N–H and O–H groups in total. The van der Waals surface area contributed by atoms with Gasteiger partial charge in [0.1, 0.15) is 0 Å². The first-order valence-corrected chi connectivity index (χ1v) is 9.44. The molecular formula is C17H24ClN3O2S. The van der Waals surface area contributed by atoms with Gasteiger partial charge in [0.05, 0.1) is 10.9 Å². The van der Waals surface area contributed by atoms with Gasteiger partial charge < -0.3 is 5.32 Å². The lowest BCUT2D eigenvalue weighted by molar-refractivity contribution is -0.121. The van der Waals surface area contributed by atoms with Crippen LogP contribution in [-0.2, 0) is 11.3 Å². The minimum absolute atomic E-state index is 0.139. The number of nitrogens with one attached hydrogen (secondary N) is 2. The maximum Gasteiger partial charge on any atom is 0.321 e. The van der Waals surface area contributed by atoms with Crippen LogP contribution in [0.4, 0.5) is 4.79 Å². The van der Waals surface area contributed by atoms with Gasteiger partial charge in [-0.3, -0.25) is 15.0 Å². The molecule has 3 amide bonds. The second-order valence-corrected chi connectivity index (χ2v) is 7.82. The third kappa shape index (κ3) is 6.63. The number of carbonyl (C=O) groups is 2. The summed E-state index contributed by atoms with van der Waals surface area (Å²) < 4.78 is 0.722. The summed E-state index contributed by atoms with van der Waals surface area (Å²) in [6, 6.07) is 3.57. The number of carbonyl (C=O) groups excluding carboxylic acids is 2. The summed E-state index contributed by atoms with van der Waals surface area (Å²) in [6.45, 7) is 5.02. The van der Waals surface area contributed by atoms with Crippen LogP contribution in [0.1, 0.15) is 37.0 Å². The highest BCUT2D eigenvalue weighted by atomic mass is 35.5. The molecule has 1 aromatic rings. The van der Waals surface area contributed by atoms with Crippen molar-refractivity contribution in [2.75, 3.05) is 13.1 Å². The normalized spacial score (nSPS) is 15.2. The Morgan fingerprint density at radius 3 is 2.71 bits per heavy atom. The zero-order chi connectivity index (χ0) is 17.4. The molecule has 0 spiro atoms. The summed E-state index contributed by atoms with van der Waals surface area (Å²) in [7, 11) is 0. The Morgan fingerprint density at radius 1 is 1.33 bits per heavy atom. The van der Waals surface area contributed by atoms with E-state index in [-0.39, 0.29) is 18.5 Å². The van der Waals surface area contributed by atoms with Gasteiger partial charge in [-0.1, -0.05) is 36.9 Å². The standard InChI is InChI=1S/C17H24ClN3O2S/c1-2-10-21(11-14-8-9-15(18)24-14)12-16(22)20-17(23)19-13-6-4-3-5-7-13/h2,8-9,13H,1,3-7,10-12H2,(H2,19,20,22,23). The second kappa shape index (κ2) is 9.81. The first kappa shape index (κ1) is 19.0. The van der Waals surface area contributed by atoms with E-state index >= 15 is 0 Å². The number of halogens is 1. The Labute approximate surface area is 152 Å². The van der Waals surface area contributed by atoms with Crippen molar-refractivity contribution in [2.24, 2.45) is 0 Å². The summed E-state index contributed by atoms with van der Waals surface area (Å²) in [5.41, 5.74) is 0. The van der Waals surface area contributed by atoms with Crippen molar-refractivity contribution in [3.63, 3.8) is 0 Å². The summed E-state index contributed by atoms with van der Waals surface area (Å²) >= 11 is 7.42. The molecule has 1 heterocycles. The topological polar surface area (TPSA) is 61.4 Å². The first-order valence-electron chi connectivity index (χ1n) is 8.24. The minimum Gasteiger partial charge on any atom is -0.335 e. The number of rotatable bonds is 7. The SMILES string of the molecule is C=CCN(CC(=O)NC(=O)NC1CCCCC1)Cc1ccc(Cl)s1. The van der Waals surface area contributed by atoms with Crippen LogP contribution in [0.3, 0.4) is 0 Å². The fourth-order valence-corrected chi connectivity index (χ4v) is 3.99. The molecule has 0 aromatic carbocycles. The van der Waals surface area contributed by atoms with Crippen LogP contribution in [0, 0.1) is 0 Å². The lowest BCUT2D eigenvalue weighted by atomic mass is 9.96. The average molecular weight is 370 g/mol. The summed E-state index contributed by atoms with van der Waals surface area (Å²) in [4.78, 5) is 27.0. The highest BCUT2D eigenvalue weighted by Gasteiger charge is 2.18. The van der Waals surface area contributed by atoms with Crippen LogP contribution in [-0.4, -0.2) is 36.0 Å². The number of nitrogens with zero attached hydrogens (tertiary/aromatic N) is 1. The molecule has 1 saturated carbocycles. The van der Waals surface area contributed by atoms with Crippen molar-refractivity contribution >= 4 is 34.9 Å². The number of thiophene rings is 1. The van der Waals surface area contributed by atoms with E-state index in [1.165, 1.54) is 17.8 Å². The van der Waals surface area contributed by atoms with Crippen molar-refractivity contribution in [2.45, 2.75) is 44.7 Å². The summed E-state index contributed by atoms with van der Waals surface area (Å²) in [5.74, 6) is -0.312. The van der Waals surface area contributed by atoms with Crippen LogP contribution < -0.4 is 10.6 Å². The molecule has 1 fully saturated rings. The minimum atomic E-state index is -0.398. The van der Waals surface area contributed by atoms with Crippen LogP contribution in [0.5, 0.6) is 0 Å². The lowest BCUT2D eigenvalue weighted by Gasteiger charge is -2.23. The van der Waals surface area contributed by atoms with Crippen LogP contribution >= 0.6 is 22.9 Å². The number of amides is 3. The van der Waals surface area contributed by atoms with Gasteiger partial charge in [0.15, 0.2) is 0 Å². The first-order chi connectivity index (χ1) is 11.6. The Balaban J connectivity index is 1.78. The van der Waals surface area contributed by atoms with Gasteiger partial charge in [0.25, 0.3) is 0 Å². The summed E-state index contributed by atoms with van der Waals surface area (Å²) in [6.07, 6.45) is 7.21. The number of hydrogen-bond donors (Lipinski definition) is 2. The number of imide groups is 1. The maximum absolute atomic E-state index is 12.1. The van der Waals surface area contributed by atoms with E-state index in [1.54, 1.807) is 6.08 Å². The fraction of sp³-hybridized carbons (Fsp3) is 0.529. The van der Waals surface area contributed by atoms with Gasteiger partial charge in [0, 0.05) is 24.0 Å². The molecule has 0 saturated heterocycles. The number of urea groups is 1. The van der Waals surface area contributed by atoms with E-state index < -0.39 is 6.03 Å². The maximum atomic E-state index is 12.1. The van der Waals surface area contributed by atoms with Crippen molar-refractivity contribution in [3.05, 3.63) is 34.0 Å². The average Bonchev–Trinajstić information content (AvgIpc) is 2.93. The Morgan fingerprint density at radius 2 is 2.08 bits per heavy atom. The molecule has 1 aromatic heterocycles. The van der Waals surface area contributed by atoms with Gasteiger partial charge in [-0.05, 0) is 25.0 Å². The Hall–Kier alpha value is -1.37. The van der Waals surface area contributed by atoms with Crippen molar-refractivity contribution in [3.8, 4) is 0 Å². The van der Waals surface area contributed by atoms with Crippen LogP contribution in [0.25, 0.3) is 0 Å². The van der Waals surface area contributed by atoms with E-state index in [0.29, 0.717) is 13.1 Å². The molecule has 0 unspecified atom stereocenters. The van der Waals surface area contributed by atoms with Crippen molar-refractivity contribution in [1.29, 1.82) is 0 Å². The highest BCUT2D eigenvalue weighted by Crippen LogP contribution is 2.22. The zero-order valence-electron chi connectivity index (χ0n) is 13.7. The Kier molecular flexibility index (Phi) is 7.75. The van der Waals surface area contributed by atoms with Crippen LogP contribution in [0.2, 0.25) is 4.34 Å². The molecule has 24 heavy (non-hydrogen) atoms. The second-order valence-electron chi connectivity index (χ2n) is 6.02. The molecule has 1 aliphatic carbocycles. The number of hydrogen-bond acceptors (Lipinski definition) is 4. The fourth-order valence-electron chi connectivity index (χ4n) is 2.86. The highest BCUT2D eigenvalue weighted by molar-refractivity contribution is 7.16. The lowest BCUT2D eigenvalue weighted by Crippen LogP contribution is -2.47. The third-order valence-corrected chi connectivity index (χ3v) is 5.17. The quantitative estimate of drug-likeness (QED) is 0.722. The smallest absolute Gasteiger partial charge is 0.321 e. The van der Waals surface area contributed by atoms with Crippen molar-refractivity contribution in [1.82, 2.24) is 15.5 Å². The van der Waals surface area contributed by atoms with E-state index in [1.807, 2.05) is 17.0 Å². The van der Waals surface area contributed by atoms with E-state index in [0.717, 1.165) is 34.9 Å². The molecule has 7 heteroatoms. The molecule has 5 nitrogen and oxygen atoms in total. The third-order valence-electron chi connectivity index (χ3n) is 3.96. The van der Waals surface area contributed by atoms with E-state index in [4.69, 9.17) is 11.6 Å². The molecule has 0 radical (unpaired) electrons. The Bertz CT molecular complexity index is 570. The van der Waals surface area contributed by atoms with E-state index in [9.17, 15) is 9.59 Å². The predicted octanol–water partition coefficient (Wildman–Crippen LogP) is 3.55. The van der Waals surface area contributed by atoms with Gasteiger partial charge in [-0.25, -0.2) is 4.79 Å². The predicted molar refractivity (Wildman–Crippen MR) is 98.4 cm³/mol. The zero-order valence-corrected chi connectivity index (χ0v) is 15.3. The molecular weight excluding hydrogens is 346 g/mol. The van der Waals surface area contributed by atoms with Crippen LogP contribution in [0.15, 0.2) is 24.8 Å².